The Morgan fingerprint density at radius 2 is 1.93 bits per heavy atom. The molecule has 9 heteroatoms. The molecular formula is C21H24ClN5O3. The maximum atomic E-state index is 12.6. The van der Waals surface area contributed by atoms with Gasteiger partial charge < -0.3 is 14.8 Å². The molecule has 0 aliphatic carbocycles. The standard InChI is InChI=1S/C21H24ClN5O3/c1-29-17-12-16(18(30-2)11-15(17)22)23-20(28)13-26-9-6-14(7-10-26)21-25-24-19-5-3-4-8-27(19)21/h3-5,8,11-12,14H,6-7,9-10,13H2,1-2H3,(H,23,28). The van der Waals surface area contributed by atoms with Gasteiger partial charge in [0, 0.05) is 24.2 Å². The quantitative estimate of drug-likeness (QED) is 0.648. The fourth-order valence-electron chi connectivity index (χ4n) is 3.84. The van der Waals surface area contributed by atoms with Crippen molar-refractivity contribution in [1.29, 1.82) is 0 Å². The van der Waals surface area contributed by atoms with Crippen LogP contribution in [0.4, 0.5) is 5.69 Å². The molecule has 1 saturated heterocycles. The van der Waals surface area contributed by atoms with E-state index in [0.717, 1.165) is 37.4 Å². The number of fused-ring (bicyclic) bond motifs is 1. The molecule has 1 aliphatic rings. The second-order valence-electron chi connectivity index (χ2n) is 7.27. The summed E-state index contributed by atoms with van der Waals surface area (Å²) in [5, 5.41) is 12.0. The highest BCUT2D eigenvalue weighted by Crippen LogP contribution is 2.36. The Labute approximate surface area is 179 Å². The average Bonchev–Trinajstić information content (AvgIpc) is 3.19. The number of hydrogen-bond acceptors (Lipinski definition) is 6. The SMILES string of the molecule is COc1cc(NC(=O)CN2CCC(c3nnc4ccccn34)CC2)c(OC)cc1Cl. The van der Waals surface area contributed by atoms with E-state index in [2.05, 4.69) is 20.4 Å². The summed E-state index contributed by atoms with van der Waals surface area (Å²) in [4.78, 5) is 14.8. The number of ether oxygens (including phenoxy) is 2. The van der Waals surface area contributed by atoms with E-state index in [-0.39, 0.29) is 5.91 Å². The number of carbonyl (C=O) groups is 1. The Hall–Kier alpha value is -2.84. The number of nitrogens with one attached hydrogen (secondary N) is 1. The third-order valence-electron chi connectivity index (χ3n) is 5.41. The Bertz CT molecular complexity index is 1050. The molecule has 0 unspecified atom stereocenters. The molecule has 1 aromatic carbocycles. The number of rotatable bonds is 6. The zero-order valence-corrected chi connectivity index (χ0v) is 17.7. The summed E-state index contributed by atoms with van der Waals surface area (Å²) in [6, 6.07) is 9.20. The lowest BCUT2D eigenvalue weighted by atomic mass is 9.96. The van der Waals surface area contributed by atoms with Crippen molar-refractivity contribution >= 4 is 28.8 Å². The number of pyridine rings is 1. The van der Waals surface area contributed by atoms with Gasteiger partial charge in [0.25, 0.3) is 0 Å². The number of anilines is 1. The van der Waals surface area contributed by atoms with Crippen LogP contribution in [0.5, 0.6) is 11.5 Å². The van der Waals surface area contributed by atoms with Gasteiger partial charge in [-0.3, -0.25) is 14.1 Å². The largest absolute Gasteiger partial charge is 0.495 e. The van der Waals surface area contributed by atoms with E-state index in [9.17, 15) is 4.79 Å². The highest BCUT2D eigenvalue weighted by Gasteiger charge is 2.25. The van der Waals surface area contributed by atoms with E-state index in [4.69, 9.17) is 21.1 Å². The van der Waals surface area contributed by atoms with Gasteiger partial charge in [-0.1, -0.05) is 17.7 Å². The summed E-state index contributed by atoms with van der Waals surface area (Å²) < 4.78 is 12.6. The monoisotopic (exact) mass is 429 g/mol. The summed E-state index contributed by atoms with van der Waals surface area (Å²) in [6.45, 7) is 1.95. The summed E-state index contributed by atoms with van der Waals surface area (Å²) >= 11 is 6.13. The third-order valence-corrected chi connectivity index (χ3v) is 5.70. The van der Waals surface area contributed by atoms with Crippen molar-refractivity contribution in [3.05, 3.63) is 47.4 Å². The van der Waals surface area contributed by atoms with Gasteiger partial charge in [-0.25, -0.2) is 0 Å². The van der Waals surface area contributed by atoms with Gasteiger partial charge in [0.2, 0.25) is 5.91 Å². The van der Waals surface area contributed by atoms with Crippen LogP contribution in [0.2, 0.25) is 5.02 Å². The van der Waals surface area contributed by atoms with Gasteiger partial charge in [-0.2, -0.15) is 0 Å². The van der Waals surface area contributed by atoms with Gasteiger partial charge in [-0.15, -0.1) is 10.2 Å². The van der Waals surface area contributed by atoms with Crippen molar-refractivity contribution in [3.63, 3.8) is 0 Å². The van der Waals surface area contributed by atoms with Crippen molar-refractivity contribution in [2.24, 2.45) is 0 Å². The van der Waals surface area contributed by atoms with Crippen LogP contribution in [0.15, 0.2) is 36.5 Å². The number of carbonyl (C=O) groups excluding carboxylic acids is 1. The van der Waals surface area contributed by atoms with E-state index in [1.807, 2.05) is 28.8 Å². The molecule has 0 bridgehead atoms. The second-order valence-corrected chi connectivity index (χ2v) is 7.68. The number of hydrogen-bond donors (Lipinski definition) is 1. The van der Waals surface area contributed by atoms with Gasteiger partial charge in [0.15, 0.2) is 5.65 Å². The van der Waals surface area contributed by atoms with Crippen molar-refractivity contribution in [3.8, 4) is 11.5 Å². The summed E-state index contributed by atoms with van der Waals surface area (Å²) in [5.74, 6) is 2.19. The lowest BCUT2D eigenvalue weighted by Crippen LogP contribution is -2.39. The number of piperidine rings is 1. The number of benzene rings is 1. The molecular weight excluding hydrogens is 406 g/mol. The fourth-order valence-corrected chi connectivity index (χ4v) is 4.07. The second kappa shape index (κ2) is 8.89. The van der Waals surface area contributed by atoms with Crippen LogP contribution < -0.4 is 14.8 Å². The maximum absolute atomic E-state index is 12.6. The molecule has 30 heavy (non-hydrogen) atoms. The van der Waals surface area contributed by atoms with Crippen LogP contribution in [0.1, 0.15) is 24.6 Å². The molecule has 1 aliphatic heterocycles. The van der Waals surface area contributed by atoms with Crippen LogP contribution >= 0.6 is 11.6 Å². The van der Waals surface area contributed by atoms with Gasteiger partial charge >= 0.3 is 0 Å². The molecule has 3 aromatic rings. The average molecular weight is 430 g/mol. The molecule has 1 N–H and O–H groups in total. The molecule has 4 rings (SSSR count). The van der Waals surface area contributed by atoms with E-state index in [0.29, 0.717) is 34.7 Å². The van der Waals surface area contributed by atoms with E-state index in [1.54, 1.807) is 12.1 Å². The number of aromatic nitrogens is 3. The molecule has 0 saturated carbocycles. The minimum Gasteiger partial charge on any atom is -0.495 e. The Morgan fingerprint density at radius 1 is 1.17 bits per heavy atom. The molecule has 3 heterocycles. The molecule has 1 fully saturated rings. The molecule has 8 nitrogen and oxygen atoms in total. The third kappa shape index (κ3) is 4.20. The van der Waals surface area contributed by atoms with Crippen molar-refractivity contribution in [2.75, 3.05) is 39.2 Å². The van der Waals surface area contributed by atoms with Crippen LogP contribution in [-0.2, 0) is 4.79 Å². The van der Waals surface area contributed by atoms with Crippen molar-refractivity contribution in [2.45, 2.75) is 18.8 Å². The van der Waals surface area contributed by atoms with Gasteiger partial charge in [0.1, 0.15) is 17.3 Å². The number of halogens is 1. The molecule has 158 valence electrons. The Kier molecular flexibility index (Phi) is 6.06. The lowest BCUT2D eigenvalue weighted by Gasteiger charge is -2.30. The topological polar surface area (TPSA) is 81.0 Å². The van der Waals surface area contributed by atoms with E-state index < -0.39 is 0 Å². The highest BCUT2D eigenvalue weighted by atomic mass is 35.5. The first-order chi connectivity index (χ1) is 14.6. The normalized spacial score (nSPS) is 15.3. The molecule has 0 radical (unpaired) electrons. The van der Waals surface area contributed by atoms with Gasteiger partial charge in [-0.05, 0) is 38.1 Å². The zero-order valence-electron chi connectivity index (χ0n) is 17.0. The van der Waals surface area contributed by atoms with Gasteiger partial charge in [0.05, 0.1) is 31.5 Å². The number of nitrogens with zero attached hydrogens (tertiary/aromatic N) is 4. The Morgan fingerprint density at radius 3 is 2.67 bits per heavy atom. The van der Waals surface area contributed by atoms with E-state index in [1.165, 1.54) is 14.2 Å². The first kappa shape index (κ1) is 20.4. The number of methoxy groups -OCH3 is 2. The minimum absolute atomic E-state index is 0.107. The molecule has 0 spiro atoms. The first-order valence-electron chi connectivity index (χ1n) is 9.82. The number of amides is 1. The molecule has 0 atom stereocenters. The summed E-state index contributed by atoms with van der Waals surface area (Å²) in [7, 11) is 3.06. The summed E-state index contributed by atoms with van der Waals surface area (Å²) in [6.07, 6.45) is 3.86. The van der Waals surface area contributed by atoms with Crippen molar-refractivity contribution in [1.82, 2.24) is 19.5 Å². The van der Waals surface area contributed by atoms with Crippen LogP contribution in [0.3, 0.4) is 0 Å². The van der Waals surface area contributed by atoms with Crippen LogP contribution in [0, 0.1) is 0 Å². The van der Waals surface area contributed by atoms with E-state index >= 15 is 0 Å². The zero-order chi connectivity index (χ0) is 21.1. The van der Waals surface area contributed by atoms with Crippen molar-refractivity contribution < 1.29 is 14.3 Å². The van der Waals surface area contributed by atoms with Crippen LogP contribution in [0.25, 0.3) is 5.65 Å². The fraction of sp³-hybridized carbons (Fsp3) is 0.381. The minimum atomic E-state index is -0.107. The van der Waals surface area contributed by atoms with Crippen LogP contribution in [-0.4, -0.2) is 59.3 Å². The first-order valence-corrected chi connectivity index (χ1v) is 10.2. The lowest BCUT2D eigenvalue weighted by molar-refractivity contribution is -0.117. The molecule has 2 aromatic heterocycles. The maximum Gasteiger partial charge on any atom is 0.238 e. The summed E-state index contributed by atoms with van der Waals surface area (Å²) in [5.41, 5.74) is 1.40. The Balaban J connectivity index is 1.36. The predicted octanol–water partition coefficient (Wildman–Crippen LogP) is 3.22. The molecule has 1 amide bonds. The highest BCUT2D eigenvalue weighted by molar-refractivity contribution is 6.32. The number of likely N-dealkylation sites (tertiary alicyclic amines) is 1. The predicted molar refractivity (Wildman–Crippen MR) is 115 cm³/mol. The smallest absolute Gasteiger partial charge is 0.238 e.